The zero-order chi connectivity index (χ0) is 9.68. The average Bonchev–Trinajstić information content (AvgIpc) is 2.14. The molecule has 1 N–H and O–H groups in total. The summed E-state index contributed by atoms with van der Waals surface area (Å²) < 4.78 is 5.11. The molecule has 3 unspecified atom stereocenters. The Kier molecular flexibility index (Phi) is 4.74. The van der Waals surface area contributed by atoms with Crippen molar-refractivity contribution in [3.8, 4) is 0 Å². The third kappa shape index (κ3) is 3.65. The molecule has 0 radical (unpaired) electrons. The highest BCUT2D eigenvalue weighted by atomic mass is 16.5. The summed E-state index contributed by atoms with van der Waals surface area (Å²) in [6, 6.07) is 0. The summed E-state index contributed by atoms with van der Waals surface area (Å²) in [7, 11) is 1.79. The number of hydrogen-bond donors (Lipinski definition) is 1. The van der Waals surface area contributed by atoms with Crippen LogP contribution in [0.3, 0.4) is 0 Å². The smallest absolute Gasteiger partial charge is 0.0464 e. The van der Waals surface area contributed by atoms with Gasteiger partial charge in [-0.3, -0.25) is 0 Å². The van der Waals surface area contributed by atoms with Crippen molar-refractivity contribution in [2.75, 3.05) is 26.8 Å². The van der Waals surface area contributed by atoms with E-state index in [1.807, 2.05) is 0 Å². The molecule has 0 aromatic carbocycles. The van der Waals surface area contributed by atoms with Gasteiger partial charge in [0.05, 0.1) is 0 Å². The van der Waals surface area contributed by atoms with Crippen molar-refractivity contribution >= 4 is 0 Å². The second-order valence-electron chi connectivity index (χ2n) is 4.52. The lowest BCUT2D eigenvalue weighted by Crippen LogP contribution is -2.38. The van der Waals surface area contributed by atoms with Gasteiger partial charge in [-0.1, -0.05) is 13.8 Å². The van der Waals surface area contributed by atoms with Crippen LogP contribution in [0.5, 0.6) is 0 Å². The van der Waals surface area contributed by atoms with Crippen LogP contribution in [0, 0.1) is 17.8 Å². The van der Waals surface area contributed by atoms with E-state index in [1.54, 1.807) is 7.11 Å². The van der Waals surface area contributed by atoms with Gasteiger partial charge < -0.3 is 10.1 Å². The fourth-order valence-corrected chi connectivity index (χ4v) is 2.17. The largest absolute Gasteiger partial charge is 0.385 e. The molecule has 3 atom stereocenters. The molecule has 1 heterocycles. The van der Waals surface area contributed by atoms with Gasteiger partial charge in [0.25, 0.3) is 0 Å². The normalized spacial score (nSPS) is 31.6. The molecule has 0 spiro atoms. The third-order valence-electron chi connectivity index (χ3n) is 3.19. The molecule has 0 aromatic heterocycles. The zero-order valence-electron chi connectivity index (χ0n) is 9.18. The monoisotopic (exact) mass is 185 g/mol. The molecule has 13 heavy (non-hydrogen) atoms. The molecular weight excluding hydrogens is 162 g/mol. The van der Waals surface area contributed by atoms with Crippen LogP contribution in [-0.2, 0) is 4.74 Å². The average molecular weight is 185 g/mol. The molecule has 0 amide bonds. The van der Waals surface area contributed by atoms with Crippen LogP contribution in [0.15, 0.2) is 0 Å². The van der Waals surface area contributed by atoms with E-state index >= 15 is 0 Å². The quantitative estimate of drug-likeness (QED) is 0.722. The first-order valence-corrected chi connectivity index (χ1v) is 5.43. The Morgan fingerprint density at radius 1 is 1.46 bits per heavy atom. The van der Waals surface area contributed by atoms with Crippen molar-refractivity contribution in [2.45, 2.75) is 26.7 Å². The Hall–Kier alpha value is -0.0800. The first kappa shape index (κ1) is 11.0. The highest BCUT2D eigenvalue weighted by Gasteiger charge is 2.22. The summed E-state index contributed by atoms with van der Waals surface area (Å²) in [6.07, 6.45) is 2.59. The summed E-state index contributed by atoms with van der Waals surface area (Å²) >= 11 is 0. The van der Waals surface area contributed by atoms with Crippen LogP contribution >= 0.6 is 0 Å². The highest BCUT2D eigenvalue weighted by molar-refractivity contribution is 4.77. The number of ether oxygens (including phenoxy) is 1. The number of methoxy groups -OCH3 is 1. The van der Waals surface area contributed by atoms with Crippen LogP contribution in [0.4, 0.5) is 0 Å². The highest BCUT2D eigenvalue weighted by Crippen LogP contribution is 2.25. The van der Waals surface area contributed by atoms with Crippen molar-refractivity contribution < 1.29 is 4.74 Å². The van der Waals surface area contributed by atoms with Gasteiger partial charge in [-0.2, -0.15) is 0 Å². The lowest BCUT2D eigenvalue weighted by atomic mass is 9.82. The molecule has 1 rings (SSSR count). The molecular formula is C11H23NO. The maximum Gasteiger partial charge on any atom is 0.0464 e. The van der Waals surface area contributed by atoms with Crippen LogP contribution in [0.25, 0.3) is 0 Å². The van der Waals surface area contributed by atoms with Crippen LogP contribution < -0.4 is 5.32 Å². The SMILES string of the molecule is COCCC(C)C1CNCC(C)C1. The topological polar surface area (TPSA) is 21.3 Å². The van der Waals surface area contributed by atoms with Crippen molar-refractivity contribution in [1.82, 2.24) is 5.32 Å². The molecule has 0 saturated carbocycles. The van der Waals surface area contributed by atoms with E-state index in [1.165, 1.54) is 25.9 Å². The van der Waals surface area contributed by atoms with E-state index in [-0.39, 0.29) is 0 Å². The van der Waals surface area contributed by atoms with Crippen molar-refractivity contribution in [1.29, 1.82) is 0 Å². The second kappa shape index (κ2) is 5.61. The minimum atomic E-state index is 0.801. The Morgan fingerprint density at radius 3 is 2.85 bits per heavy atom. The van der Waals surface area contributed by atoms with E-state index in [0.717, 1.165) is 24.4 Å². The summed E-state index contributed by atoms with van der Waals surface area (Å²) in [5.41, 5.74) is 0. The molecule has 0 aliphatic carbocycles. The van der Waals surface area contributed by atoms with Crippen LogP contribution in [0.1, 0.15) is 26.7 Å². The van der Waals surface area contributed by atoms with Crippen molar-refractivity contribution in [2.24, 2.45) is 17.8 Å². The van der Waals surface area contributed by atoms with Gasteiger partial charge in [0, 0.05) is 13.7 Å². The van der Waals surface area contributed by atoms with E-state index in [2.05, 4.69) is 19.2 Å². The molecule has 1 aliphatic rings. The van der Waals surface area contributed by atoms with E-state index in [0.29, 0.717) is 0 Å². The van der Waals surface area contributed by atoms with Gasteiger partial charge >= 0.3 is 0 Å². The Morgan fingerprint density at radius 2 is 2.23 bits per heavy atom. The van der Waals surface area contributed by atoms with Crippen LogP contribution in [-0.4, -0.2) is 26.8 Å². The van der Waals surface area contributed by atoms with Crippen molar-refractivity contribution in [3.63, 3.8) is 0 Å². The second-order valence-corrected chi connectivity index (χ2v) is 4.52. The number of piperidine rings is 1. The maximum absolute atomic E-state index is 5.11. The van der Waals surface area contributed by atoms with Gasteiger partial charge in [0.15, 0.2) is 0 Å². The van der Waals surface area contributed by atoms with Gasteiger partial charge in [0.1, 0.15) is 0 Å². The van der Waals surface area contributed by atoms with E-state index in [4.69, 9.17) is 4.74 Å². The van der Waals surface area contributed by atoms with Crippen molar-refractivity contribution in [3.05, 3.63) is 0 Å². The molecule has 1 fully saturated rings. The zero-order valence-corrected chi connectivity index (χ0v) is 9.18. The fraction of sp³-hybridized carbons (Fsp3) is 1.00. The lowest BCUT2D eigenvalue weighted by molar-refractivity contribution is 0.148. The molecule has 1 saturated heterocycles. The summed E-state index contributed by atoms with van der Waals surface area (Å²) in [5, 5.41) is 3.50. The molecule has 2 heteroatoms. The summed E-state index contributed by atoms with van der Waals surface area (Å²) in [6.45, 7) is 8.00. The third-order valence-corrected chi connectivity index (χ3v) is 3.19. The fourth-order valence-electron chi connectivity index (χ4n) is 2.17. The van der Waals surface area contributed by atoms with Crippen LogP contribution in [0.2, 0.25) is 0 Å². The molecule has 78 valence electrons. The Balaban J connectivity index is 2.24. The minimum Gasteiger partial charge on any atom is -0.385 e. The molecule has 1 aliphatic heterocycles. The summed E-state index contributed by atoms with van der Waals surface area (Å²) in [5.74, 6) is 2.51. The van der Waals surface area contributed by atoms with Gasteiger partial charge in [-0.25, -0.2) is 0 Å². The standard InChI is InChI=1S/C11H23NO/c1-9-6-11(8-12-7-9)10(2)4-5-13-3/h9-12H,4-8H2,1-3H3. The van der Waals surface area contributed by atoms with E-state index in [9.17, 15) is 0 Å². The first-order valence-electron chi connectivity index (χ1n) is 5.43. The number of nitrogens with one attached hydrogen (secondary N) is 1. The minimum absolute atomic E-state index is 0.801. The van der Waals surface area contributed by atoms with Gasteiger partial charge in [-0.05, 0) is 43.7 Å². The maximum atomic E-state index is 5.11. The van der Waals surface area contributed by atoms with Gasteiger partial charge in [-0.15, -0.1) is 0 Å². The molecule has 2 nitrogen and oxygen atoms in total. The number of rotatable bonds is 4. The summed E-state index contributed by atoms with van der Waals surface area (Å²) in [4.78, 5) is 0. The predicted molar refractivity (Wildman–Crippen MR) is 55.8 cm³/mol. The molecule has 0 bridgehead atoms. The first-order chi connectivity index (χ1) is 6.24. The van der Waals surface area contributed by atoms with Gasteiger partial charge in [0.2, 0.25) is 0 Å². The van der Waals surface area contributed by atoms with E-state index < -0.39 is 0 Å². The Bertz CT molecular complexity index is 138. The lowest BCUT2D eigenvalue weighted by Gasteiger charge is -2.32. The predicted octanol–water partition coefficient (Wildman–Crippen LogP) is 1.90. The Labute approximate surface area is 82.0 Å². The number of hydrogen-bond acceptors (Lipinski definition) is 2. The molecule has 0 aromatic rings.